The fourth-order valence-corrected chi connectivity index (χ4v) is 2.28. The lowest BCUT2D eigenvalue weighted by Crippen LogP contribution is -2.24. The molecular formula is C18H24N2O2. The molecule has 0 atom stereocenters. The van der Waals surface area contributed by atoms with Crippen LogP contribution < -0.4 is 16.0 Å². The molecular weight excluding hydrogens is 276 g/mol. The molecule has 0 fully saturated rings. The van der Waals surface area contributed by atoms with Crippen LogP contribution in [-0.2, 0) is 6.54 Å². The Kier molecular flexibility index (Phi) is 5.26. The van der Waals surface area contributed by atoms with Gasteiger partial charge in [-0.3, -0.25) is 4.79 Å². The normalized spacial score (nSPS) is 10.9. The molecule has 0 saturated heterocycles. The van der Waals surface area contributed by atoms with E-state index >= 15 is 0 Å². The summed E-state index contributed by atoms with van der Waals surface area (Å²) in [4.78, 5) is 12.2. The molecule has 2 N–H and O–H groups in total. The Balaban J connectivity index is 2.32. The monoisotopic (exact) mass is 300 g/mol. The van der Waals surface area contributed by atoms with E-state index in [0.29, 0.717) is 19.1 Å². The van der Waals surface area contributed by atoms with Gasteiger partial charge in [0.05, 0.1) is 18.0 Å². The van der Waals surface area contributed by atoms with Gasteiger partial charge in [-0.2, -0.15) is 0 Å². The van der Waals surface area contributed by atoms with Crippen LogP contribution in [0.2, 0.25) is 0 Å². The third kappa shape index (κ3) is 3.70. The number of hydrogen-bond donors (Lipinski definition) is 1. The molecule has 0 radical (unpaired) electrons. The van der Waals surface area contributed by atoms with Crippen molar-refractivity contribution in [2.45, 2.75) is 33.7 Å². The van der Waals surface area contributed by atoms with E-state index in [-0.39, 0.29) is 11.2 Å². The first-order valence-electron chi connectivity index (χ1n) is 7.75. The van der Waals surface area contributed by atoms with Gasteiger partial charge >= 0.3 is 0 Å². The van der Waals surface area contributed by atoms with Crippen LogP contribution in [0.1, 0.15) is 27.2 Å². The van der Waals surface area contributed by atoms with Crippen LogP contribution in [0.25, 0.3) is 11.3 Å². The van der Waals surface area contributed by atoms with E-state index in [0.717, 1.165) is 23.4 Å². The molecule has 0 aliphatic heterocycles. The zero-order valence-electron chi connectivity index (χ0n) is 13.5. The molecule has 0 amide bonds. The second-order valence-corrected chi connectivity index (χ2v) is 5.86. The number of benzene rings is 1. The van der Waals surface area contributed by atoms with Crippen molar-refractivity contribution in [3.05, 3.63) is 46.8 Å². The molecule has 118 valence electrons. The van der Waals surface area contributed by atoms with Gasteiger partial charge in [-0.1, -0.05) is 20.8 Å². The first-order valence-corrected chi connectivity index (χ1v) is 7.75. The highest BCUT2D eigenvalue weighted by molar-refractivity contribution is 5.62. The van der Waals surface area contributed by atoms with Crippen molar-refractivity contribution in [1.29, 1.82) is 0 Å². The predicted octanol–water partition coefficient (Wildman–Crippen LogP) is 3.54. The molecule has 0 spiro atoms. The Morgan fingerprint density at radius 3 is 2.41 bits per heavy atom. The average molecular weight is 300 g/mol. The summed E-state index contributed by atoms with van der Waals surface area (Å²) in [6.45, 7) is 7.63. The fraction of sp³-hybridized carbons (Fsp3) is 0.389. The molecule has 0 saturated carbocycles. The molecule has 0 aliphatic rings. The summed E-state index contributed by atoms with van der Waals surface area (Å²) in [5, 5.41) is 0. The van der Waals surface area contributed by atoms with Crippen LogP contribution >= 0.6 is 0 Å². The molecule has 1 aromatic carbocycles. The topological polar surface area (TPSA) is 57.2 Å². The molecule has 1 aromatic heterocycles. The smallest absolute Gasteiger partial charge is 0.274 e. The Labute approximate surface area is 131 Å². The molecule has 0 aliphatic carbocycles. The third-order valence-electron chi connectivity index (χ3n) is 3.38. The fourth-order valence-electron chi connectivity index (χ4n) is 2.28. The van der Waals surface area contributed by atoms with E-state index in [1.54, 1.807) is 10.6 Å². The third-order valence-corrected chi connectivity index (χ3v) is 3.38. The van der Waals surface area contributed by atoms with Crippen molar-refractivity contribution >= 4 is 5.69 Å². The Morgan fingerprint density at radius 1 is 1.14 bits per heavy atom. The lowest BCUT2D eigenvalue weighted by molar-refractivity contribution is 0.271. The maximum atomic E-state index is 12.2. The van der Waals surface area contributed by atoms with Crippen LogP contribution in [0, 0.1) is 5.92 Å². The second-order valence-electron chi connectivity index (χ2n) is 5.86. The van der Waals surface area contributed by atoms with Crippen LogP contribution in [-0.4, -0.2) is 11.2 Å². The second kappa shape index (κ2) is 7.16. The van der Waals surface area contributed by atoms with Gasteiger partial charge in [0, 0.05) is 6.54 Å². The number of nitrogens with two attached hydrogens (primary N) is 1. The summed E-state index contributed by atoms with van der Waals surface area (Å²) in [6, 6.07) is 11.4. The highest BCUT2D eigenvalue weighted by atomic mass is 16.5. The Morgan fingerprint density at radius 2 is 1.82 bits per heavy atom. The average Bonchev–Trinajstić information content (AvgIpc) is 2.51. The molecule has 0 bridgehead atoms. The predicted molar refractivity (Wildman–Crippen MR) is 91.2 cm³/mol. The SMILES string of the molecule is CCCn1c(-c2ccc(OCC(C)C)cc2)ccc(N)c1=O. The molecule has 4 nitrogen and oxygen atoms in total. The van der Waals surface area contributed by atoms with E-state index in [2.05, 4.69) is 13.8 Å². The minimum Gasteiger partial charge on any atom is -0.493 e. The molecule has 4 heteroatoms. The number of ether oxygens (including phenoxy) is 1. The standard InChI is InChI=1S/C18H24N2O2/c1-4-11-20-17(10-9-16(19)18(20)21)14-5-7-15(8-6-14)22-12-13(2)3/h5-10,13H,4,11-12,19H2,1-3H3. The van der Waals surface area contributed by atoms with Gasteiger partial charge in [0.25, 0.3) is 5.56 Å². The lowest BCUT2D eigenvalue weighted by Gasteiger charge is -2.14. The van der Waals surface area contributed by atoms with E-state index < -0.39 is 0 Å². The Bertz CT molecular complexity index is 672. The molecule has 22 heavy (non-hydrogen) atoms. The van der Waals surface area contributed by atoms with Crippen molar-refractivity contribution in [1.82, 2.24) is 4.57 Å². The van der Waals surface area contributed by atoms with Gasteiger partial charge < -0.3 is 15.0 Å². The van der Waals surface area contributed by atoms with Crippen molar-refractivity contribution in [2.75, 3.05) is 12.3 Å². The number of pyridine rings is 1. The van der Waals surface area contributed by atoms with Crippen LogP contribution in [0.15, 0.2) is 41.2 Å². The zero-order valence-corrected chi connectivity index (χ0v) is 13.5. The molecule has 1 heterocycles. The quantitative estimate of drug-likeness (QED) is 0.887. The highest BCUT2D eigenvalue weighted by Gasteiger charge is 2.08. The van der Waals surface area contributed by atoms with Crippen LogP contribution in [0.5, 0.6) is 5.75 Å². The lowest BCUT2D eigenvalue weighted by atomic mass is 10.1. The number of nitrogen functional groups attached to an aromatic ring is 1. The van der Waals surface area contributed by atoms with Gasteiger partial charge in [-0.05, 0) is 54.3 Å². The maximum Gasteiger partial charge on any atom is 0.274 e. The van der Waals surface area contributed by atoms with Gasteiger partial charge in [-0.15, -0.1) is 0 Å². The molecule has 2 rings (SSSR count). The summed E-state index contributed by atoms with van der Waals surface area (Å²) in [5.74, 6) is 1.34. The summed E-state index contributed by atoms with van der Waals surface area (Å²) >= 11 is 0. The number of nitrogens with zero attached hydrogens (tertiary/aromatic N) is 1. The van der Waals surface area contributed by atoms with Gasteiger partial charge in [0.2, 0.25) is 0 Å². The number of rotatable bonds is 6. The van der Waals surface area contributed by atoms with E-state index in [9.17, 15) is 4.79 Å². The summed E-state index contributed by atoms with van der Waals surface area (Å²) in [6.07, 6.45) is 0.881. The minimum absolute atomic E-state index is 0.125. The van der Waals surface area contributed by atoms with Crippen molar-refractivity contribution in [3.8, 4) is 17.0 Å². The van der Waals surface area contributed by atoms with Gasteiger partial charge in [-0.25, -0.2) is 0 Å². The van der Waals surface area contributed by atoms with E-state index in [4.69, 9.17) is 10.5 Å². The minimum atomic E-state index is -0.125. The van der Waals surface area contributed by atoms with Crippen molar-refractivity contribution < 1.29 is 4.74 Å². The van der Waals surface area contributed by atoms with Gasteiger partial charge in [0.15, 0.2) is 0 Å². The number of aromatic nitrogens is 1. The van der Waals surface area contributed by atoms with Crippen molar-refractivity contribution in [2.24, 2.45) is 5.92 Å². The largest absolute Gasteiger partial charge is 0.493 e. The first kappa shape index (κ1) is 16.1. The summed E-state index contributed by atoms with van der Waals surface area (Å²) in [7, 11) is 0. The Hall–Kier alpha value is -2.23. The van der Waals surface area contributed by atoms with Crippen molar-refractivity contribution in [3.63, 3.8) is 0 Å². The maximum absolute atomic E-state index is 12.2. The zero-order chi connectivity index (χ0) is 16.1. The summed E-state index contributed by atoms with van der Waals surface area (Å²) < 4.78 is 7.43. The number of hydrogen-bond acceptors (Lipinski definition) is 3. The number of anilines is 1. The van der Waals surface area contributed by atoms with E-state index in [1.165, 1.54) is 0 Å². The molecule has 0 unspecified atom stereocenters. The van der Waals surface area contributed by atoms with E-state index in [1.807, 2.05) is 37.3 Å². The first-order chi connectivity index (χ1) is 10.5. The summed E-state index contributed by atoms with van der Waals surface area (Å²) in [5.41, 5.74) is 7.77. The molecule has 2 aromatic rings. The highest BCUT2D eigenvalue weighted by Crippen LogP contribution is 2.22. The van der Waals surface area contributed by atoms with Crippen LogP contribution in [0.4, 0.5) is 5.69 Å². The van der Waals surface area contributed by atoms with Gasteiger partial charge in [0.1, 0.15) is 5.75 Å². The van der Waals surface area contributed by atoms with Crippen LogP contribution in [0.3, 0.4) is 0 Å².